The van der Waals surface area contributed by atoms with E-state index in [0.717, 1.165) is 16.9 Å². The van der Waals surface area contributed by atoms with Gasteiger partial charge in [0.25, 0.3) is 11.7 Å². The number of pyridine rings is 1. The Morgan fingerprint density at radius 2 is 1.72 bits per heavy atom. The molecule has 8 heteroatoms. The summed E-state index contributed by atoms with van der Waals surface area (Å²) in [6.45, 7) is 3.73. The second-order valence-corrected chi connectivity index (χ2v) is 7.36. The van der Waals surface area contributed by atoms with E-state index in [-0.39, 0.29) is 5.13 Å². The maximum Gasteiger partial charge on any atom is 0.298 e. The molecule has 144 valence electrons. The Kier molecular flexibility index (Phi) is 5.01. The van der Waals surface area contributed by atoms with Crippen LogP contribution in [0.15, 0.2) is 60.9 Å². The summed E-state index contributed by atoms with van der Waals surface area (Å²) in [5.74, 6) is -1.35. The van der Waals surface area contributed by atoms with Crippen LogP contribution in [0.25, 0.3) is 16.3 Å². The molecular formula is C21H17N5O2S. The summed E-state index contributed by atoms with van der Waals surface area (Å²) in [6.07, 6.45) is 3.31. The van der Waals surface area contributed by atoms with Gasteiger partial charge in [-0.25, -0.2) is 0 Å². The summed E-state index contributed by atoms with van der Waals surface area (Å²) in [6, 6.07) is 15.0. The van der Waals surface area contributed by atoms with Crippen LogP contribution in [0, 0.1) is 13.8 Å². The molecule has 0 saturated heterocycles. The number of rotatable bonds is 5. The second-order valence-electron chi connectivity index (χ2n) is 6.39. The van der Waals surface area contributed by atoms with Gasteiger partial charge in [-0.15, -0.1) is 10.2 Å². The van der Waals surface area contributed by atoms with Crippen molar-refractivity contribution in [1.82, 2.24) is 19.7 Å². The average molecular weight is 403 g/mol. The van der Waals surface area contributed by atoms with E-state index >= 15 is 0 Å². The lowest BCUT2D eigenvalue weighted by Crippen LogP contribution is -2.23. The third kappa shape index (κ3) is 3.70. The monoisotopic (exact) mass is 403 g/mol. The number of hydrogen-bond donors (Lipinski definition) is 1. The van der Waals surface area contributed by atoms with E-state index in [1.807, 2.05) is 48.7 Å². The average Bonchev–Trinajstić information content (AvgIpc) is 3.32. The van der Waals surface area contributed by atoms with Gasteiger partial charge in [-0.2, -0.15) is 0 Å². The number of aromatic nitrogens is 4. The highest BCUT2D eigenvalue weighted by Crippen LogP contribution is 2.26. The van der Waals surface area contributed by atoms with E-state index in [4.69, 9.17) is 0 Å². The van der Waals surface area contributed by atoms with Gasteiger partial charge < -0.3 is 4.57 Å². The predicted molar refractivity (Wildman–Crippen MR) is 111 cm³/mol. The number of aryl methyl sites for hydroxylation is 1. The molecular weight excluding hydrogens is 386 g/mol. The maximum atomic E-state index is 12.8. The molecule has 1 amide bonds. The highest BCUT2D eigenvalue weighted by molar-refractivity contribution is 7.18. The summed E-state index contributed by atoms with van der Waals surface area (Å²) < 4.78 is 1.95. The van der Waals surface area contributed by atoms with Crippen molar-refractivity contribution in [2.45, 2.75) is 13.8 Å². The third-order valence-electron chi connectivity index (χ3n) is 4.47. The number of nitrogens with one attached hydrogen (secondary N) is 1. The van der Waals surface area contributed by atoms with E-state index in [0.29, 0.717) is 16.3 Å². The smallest absolute Gasteiger partial charge is 0.298 e. The third-order valence-corrected chi connectivity index (χ3v) is 5.36. The Balaban J connectivity index is 1.55. The zero-order valence-corrected chi connectivity index (χ0v) is 16.6. The number of carbonyl (C=O) groups is 2. The van der Waals surface area contributed by atoms with E-state index in [9.17, 15) is 9.59 Å². The van der Waals surface area contributed by atoms with Crippen molar-refractivity contribution in [3.63, 3.8) is 0 Å². The Labute approximate surface area is 171 Å². The van der Waals surface area contributed by atoms with Gasteiger partial charge >= 0.3 is 0 Å². The second kappa shape index (κ2) is 7.76. The lowest BCUT2D eigenvalue weighted by molar-refractivity contribution is -0.112. The van der Waals surface area contributed by atoms with Gasteiger partial charge in [0.05, 0.1) is 0 Å². The highest BCUT2D eigenvalue weighted by Gasteiger charge is 2.23. The molecule has 29 heavy (non-hydrogen) atoms. The number of para-hydroxylation sites is 1. The fraction of sp³-hybridized carbons (Fsp3) is 0.0952. The maximum absolute atomic E-state index is 12.8. The fourth-order valence-electron chi connectivity index (χ4n) is 3.13. The topological polar surface area (TPSA) is 89.8 Å². The van der Waals surface area contributed by atoms with Crippen molar-refractivity contribution < 1.29 is 9.59 Å². The first-order valence-corrected chi connectivity index (χ1v) is 9.70. The molecule has 3 aromatic heterocycles. The van der Waals surface area contributed by atoms with Gasteiger partial charge in [-0.1, -0.05) is 29.5 Å². The number of Topliss-reactive ketones (excluding diaryl/α,β-unsaturated/α-hetero) is 1. The Hall–Kier alpha value is -3.65. The summed E-state index contributed by atoms with van der Waals surface area (Å²) in [5, 5.41) is 11.5. The number of hydrogen-bond acceptors (Lipinski definition) is 6. The molecule has 0 bridgehead atoms. The van der Waals surface area contributed by atoms with Crippen molar-refractivity contribution >= 4 is 28.2 Å². The van der Waals surface area contributed by atoms with Crippen LogP contribution in [-0.2, 0) is 4.79 Å². The number of benzene rings is 1. The van der Waals surface area contributed by atoms with Crippen molar-refractivity contribution in [3.05, 3.63) is 77.9 Å². The van der Waals surface area contributed by atoms with Crippen LogP contribution in [0.1, 0.15) is 21.7 Å². The van der Waals surface area contributed by atoms with Crippen LogP contribution in [0.4, 0.5) is 5.13 Å². The molecule has 0 aliphatic carbocycles. The van der Waals surface area contributed by atoms with Crippen LogP contribution in [0.5, 0.6) is 0 Å². The highest BCUT2D eigenvalue weighted by atomic mass is 32.1. The van der Waals surface area contributed by atoms with Crippen molar-refractivity contribution in [3.8, 4) is 16.3 Å². The van der Waals surface area contributed by atoms with Gasteiger partial charge in [-0.3, -0.25) is 19.9 Å². The molecule has 4 aromatic rings. The molecule has 0 atom stereocenters. The van der Waals surface area contributed by atoms with Crippen LogP contribution in [-0.4, -0.2) is 31.4 Å². The minimum absolute atomic E-state index is 0.270. The zero-order valence-electron chi connectivity index (χ0n) is 15.8. The number of carbonyl (C=O) groups excluding carboxylic acids is 2. The van der Waals surface area contributed by atoms with Crippen LogP contribution in [0.3, 0.4) is 0 Å². The minimum Gasteiger partial charge on any atom is -0.318 e. The first-order chi connectivity index (χ1) is 14.0. The van der Waals surface area contributed by atoms with E-state index in [1.54, 1.807) is 30.6 Å². The van der Waals surface area contributed by atoms with Crippen LogP contribution < -0.4 is 5.32 Å². The van der Waals surface area contributed by atoms with Gasteiger partial charge in [0.15, 0.2) is 0 Å². The molecule has 0 aliphatic heterocycles. The summed E-state index contributed by atoms with van der Waals surface area (Å²) in [4.78, 5) is 29.3. The Morgan fingerprint density at radius 3 is 2.45 bits per heavy atom. The molecule has 0 unspecified atom stereocenters. The molecule has 0 aliphatic rings. The molecule has 1 aromatic carbocycles. The summed E-state index contributed by atoms with van der Waals surface area (Å²) in [5.41, 5.74) is 3.73. The van der Waals surface area contributed by atoms with Crippen molar-refractivity contribution in [2.75, 3.05) is 5.32 Å². The molecule has 0 fully saturated rings. The first-order valence-electron chi connectivity index (χ1n) is 8.88. The standard InChI is InChI=1S/C21H17N5O2S/c1-13-12-17(14(2)26(13)16-6-4-3-5-7-16)18(27)19(28)23-21-25-24-20(29-21)15-8-10-22-11-9-15/h3-12H,1-2H3,(H,23,25,28). The van der Waals surface area contributed by atoms with Crippen molar-refractivity contribution in [2.24, 2.45) is 0 Å². The molecule has 0 spiro atoms. The fourth-order valence-corrected chi connectivity index (χ4v) is 3.87. The minimum atomic E-state index is -0.740. The van der Waals surface area contributed by atoms with E-state index < -0.39 is 11.7 Å². The largest absolute Gasteiger partial charge is 0.318 e. The molecule has 7 nitrogen and oxygen atoms in total. The van der Waals surface area contributed by atoms with Gasteiger partial charge in [0.1, 0.15) is 5.01 Å². The van der Waals surface area contributed by atoms with Crippen molar-refractivity contribution in [1.29, 1.82) is 0 Å². The summed E-state index contributed by atoms with van der Waals surface area (Å²) >= 11 is 1.20. The number of nitrogens with zero attached hydrogens (tertiary/aromatic N) is 4. The number of amides is 1. The van der Waals surface area contributed by atoms with E-state index in [2.05, 4.69) is 20.5 Å². The predicted octanol–water partition coefficient (Wildman–Crippen LogP) is 3.83. The lowest BCUT2D eigenvalue weighted by Gasteiger charge is -2.09. The lowest BCUT2D eigenvalue weighted by atomic mass is 10.1. The molecule has 1 N–H and O–H groups in total. The van der Waals surface area contributed by atoms with E-state index in [1.165, 1.54) is 11.3 Å². The first kappa shape index (κ1) is 18.7. The molecule has 4 rings (SSSR count). The van der Waals surface area contributed by atoms with Gasteiger partial charge in [-0.05, 0) is 44.2 Å². The van der Waals surface area contributed by atoms with Gasteiger partial charge in [0, 0.05) is 40.6 Å². The zero-order chi connectivity index (χ0) is 20.4. The summed E-state index contributed by atoms with van der Waals surface area (Å²) in [7, 11) is 0. The number of ketones is 1. The van der Waals surface area contributed by atoms with Crippen LogP contribution >= 0.6 is 11.3 Å². The Bertz CT molecular complexity index is 1180. The van der Waals surface area contributed by atoms with Gasteiger partial charge in [0.2, 0.25) is 5.13 Å². The quantitative estimate of drug-likeness (QED) is 0.404. The number of anilines is 1. The normalized spacial score (nSPS) is 10.7. The molecule has 0 saturated carbocycles. The molecule has 3 heterocycles. The SMILES string of the molecule is Cc1cc(C(=O)C(=O)Nc2nnc(-c3ccncc3)s2)c(C)n1-c1ccccc1. The Morgan fingerprint density at radius 1 is 1.00 bits per heavy atom. The molecule has 0 radical (unpaired) electrons. The van der Waals surface area contributed by atoms with Crippen LogP contribution in [0.2, 0.25) is 0 Å².